The lowest BCUT2D eigenvalue weighted by atomic mass is 10.0. The van der Waals surface area contributed by atoms with Crippen molar-refractivity contribution in [3.05, 3.63) is 46.4 Å². The molecule has 1 aliphatic rings. The van der Waals surface area contributed by atoms with Gasteiger partial charge in [-0.1, -0.05) is 28.1 Å². The maximum Gasteiger partial charge on any atom is 0.251 e. The zero-order valence-electron chi connectivity index (χ0n) is 11.4. The number of carbonyl (C=O) groups is 1. The Morgan fingerprint density at radius 3 is 2.75 bits per heavy atom. The number of rotatable bonds is 2. The smallest absolute Gasteiger partial charge is 0.251 e. The number of benzene rings is 2. The Bertz CT molecular complexity index is 663. The lowest BCUT2D eigenvalue weighted by Gasteiger charge is -2.24. The molecular weight excluding hydrogens is 316 g/mol. The molecule has 20 heavy (non-hydrogen) atoms. The second kappa shape index (κ2) is 5.19. The molecule has 104 valence electrons. The molecule has 1 heterocycles. The monoisotopic (exact) mass is 332 g/mol. The predicted molar refractivity (Wildman–Crippen MR) is 85.0 cm³/mol. The third-order valence-corrected chi connectivity index (χ3v) is 4.34. The van der Waals surface area contributed by atoms with Crippen LogP contribution < -0.4 is 10.6 Å². The summed E-state index contributed by atoms with van der Waals surface area (Å²) in [7, 11) is 0. The Hall–Kier alpha value is -1.39. The lowest BCUT2D eigenvalue weighted by Crippen LogP contribution is -2.47. The van der Waals surface area contributed by atoms with Crippen molar-refractivity contribution in [3.63, 3.8) is 0 Å². The second-order valence-corrected chi connectivity index (χ2v) is 6.56. The molecule has 1 saturated heterocycles. The van der Waals surface area contributed by atoms with Crippen LogP contribution in [0.5, 0.6) is 0 Å². The van der Waals surface area contributed by atoms with Gasteiger partial charge in [-0.2, -0.15) is 0 Å². The van der Waals surface area contributed by atoms with E-state index >= 15 is 0 Å². The van der Waals surface area contributed by atoms with E-state index in [1.165, 1.54) is 0 Å². The molecule has 0 spiro atoms. The third-order valence-electron chi connectivity index (χ3n) is 3.85. The van der Waals surface area contributed by atoms with E-state index in [0.29, 0.717) is 5.56 Å². The van der Waals surface area contributed by atoms with Gasteiger partial charge in [0.15, 0.2) is 0 Å². The Morgan fingerprint density at radius 2 is 2.00 bits per heavy atom. The second-order valence-electron chi connectivity index (χ2n) is 5.65. The molecule has 2 aromatic carbocycles. The number of carbonyl (C=O) groups excluding carboxylic acids is 1. The average Bonchev–Trinajstić information content (AvgIpc) is 2.84. The van der Waals surface area contributed by atoms with E-state index < -0.39 is 0 Å². The summed E-state index contributed by atoms with van der Waals surface area (Å²) in [6.07, 6.45) is 0.971. The highest BCUT2D eigenvalue weighted by Gasteiger charge is 2.30. The number of halogens is 1. The van der Waals surface area contributed by atoms with Crippen molar-refractivity contribution in [2.24, 2.45) is 0 Å². The van der Waals surface area contributed by atoms with Crippen LogP contribution in [0.3, 0.4) is 0 Å². The fraction of sp³-hybridized carbons (Fsp3) is 0.312. The highest BCUT2D eigenvalue weighted by atomic mass is 79.9. The highest BCUT2D eigenvalue weighted by molar-refractivity contribution is 9.10. The van der Waals surface area contributed by atoms with Crippen molar-refractivity contribution in [1.82, 2.24) is 10.6 Å². The van der Waals surface area contributed by atoms with Gasteiger partial charge in [0.05, 0.1) is 5.54 Å². The molecule has 0 saturated carbocycles. The molecule has 3 nitrogen and oxygen atoms in total. The van der Waals surface area contributed by atoms with Gasteiger partial charge in [-0.15, -0.1) is 0 Å². The van der Waals surface area contributed by atoms with Crippen molar-refractivity contribution in [1.29, 1.82) is 0 Å². The quantitative estimate of drug-likeness (QED) is 0.887. The molecule has 0 aliphatic carbocycles. The minimum Gasteiger partial charge on any atom is -0.346 e. The zero-order valence-corrected chi connectivity index (χ0v) is 13.0. The van der Waals surface area contributed by atoms with Crippen LogP contribution in [-0.4, -0.2) is 24.5 Å². The molecule has 1 aliphatic heterocycles. The minimum atomic E-state index is -0.133. The molecule has 0 bridgehead atoms. The van der Waals surface area contributed by atoms with Crippen molar-refractivity contribution < 1.29 is 4.79 Å². The van der Waals surface area contributed by atoms with Gasteiger partial charge in [0.25, 0.3) is 5.91 Å². The van der Waals surface area contributed by atoms with Gasteiger partial charge in [0.2, 0.25) is 0 Å². The van der Waals surface area contributed by atoms with Crippen LogP contribution in [0.25, 0.3) is 10.8 Å². The van der Waals surface area contributed by atoms with Gasteiger partial charge in [-0.25, -0.2) is 0 Å². The molecule has 2 aromatic rings. The summed E-state index contributed by atoms with van der Waals surface area (Å²) in [5.41, 5.74) is 0.583. The fourth-order valence-electron chi connectivity index (χ4n) is 2.63. The van der Waals surface area contributed by atoms with E-state index in [0.717, 1.165) is 34.8 Å². The van der Waals surface area contributed by atoms with Gasteiger partial charge >= 0.3 is 0 Å². The van der Waals surface area contributed by atoms with Crippen LogP contribution in [0.4, 0.5) is 0 Å². The van der Waals surface area contributed by atoms with Crippen molar-refractivity contribution >= 4 is 32.6 Å². The Balaban J connectivity index is 1.86. The van der Waals surface area contributed by atoms with Crippen LogP contribution >= 0.6 is 15.9 Å². The molecule has 1 atom stereocenters. The zero-order chi connectivity index (χ0) is 14.2. The Labute approximate surface area is 126 Å². The number of fused-ring (bicyclic) bond motifs is 1. The van der Waals surface area contributed by atoms with Gasteiger partial charge in [-0.05, 0) is 54.9 Å². The van der Waals surface area contributed by atoms with Crippen LogP contribution in [0.2, 0.25) is 0 Å². The third kappa shape index (κ3) is 2.72. The van der Waals surface area contributed by atoms with Crippen molar-refractivity contribution in [2.75, 3.05) is 13.1 Å². The molecule has 0 radical (unpaired) electrons. The van der Waals surface area contributed by atoms with Gasteiger partial charge in [0, 0.05) is 16.6 Å². The summed E-state index contributed by atoms with van der Waals surface area (Å²) in [6.45, 7) is 3.88. The Morgan fingerprint density at radius 1 is 1.25 bits per heavy atom. The number of nitrogens with one attached hydrogen (secondary N) is 2. The predicted octanol–water partition coefficient (Wildman–Crippen LogP) is 3.08. The van der Waals surface area contributed by atoms with Crippen molar-refractivity contribution in [2.45, 2.75) is 18.9 Å². The Kier molecular flexibility index (Phi) is 3.52. The molecular formula is C16H17BrN2O. The average molecular weight is 333 g/mol. The van der Waals surface area contributed by atoms with Gasteiger partial charge in [0.1, 0.15) is 0 Å². The summed E-state index contributed by atoms with van der Waals surface area (Å²) in [6, 6.07) is 11.9. The number of hydrogen-bond acceptors (Lipinski definition) is 2. The summed E-state index contributed by atoms with van der Waals surface area (Å²) in [5.74, 6) is 0.000943. The lowest BCUT2D eigenvalue weighted by molar-refractivity contribution is 0.0913. The van der Waals surface area contributed by atoms with Crippen LogP contribution in [0.15, 0.2) is 40.9 Å². The van der Waals surface area contributed by atoms with Gasteiger partial charge in [-0.3, -0.25) is 4.79 Å². The fourth-order valence-corrected chi connectivity index (χ4v) is 3.01. The van der Waals surface area contributed by atoms with Crippen LogP contribution in [0, 0.1) is 0 Å². The minimum absolute atomic E-state index is 0.000943. The highest BCUT2D eigenvalue weighted by Crippen LogP contribution is 2.21. The summed E-state index contributed by atoms with van der Waals surface area (Å²) < 4.78 is 1.05. The molecule has 3 rings (SSSR count). The maximum absolute atomic E-state index is 12.4. The van der Waals surface area contributed by atoms with E-state index in [1.807, 2.05) is 30.3 Å². The summed E-state index contributed by atoms with van der Waals surface area (Å²) in [5, 5.41) is 8.63. The van der Waals surface area contributed by atoms with Crippen LogP contribution in [0.1, 0.15) is 23.7 Å². The first-order chi connectivity index (χ1) is 9.56. The SMILES string of the molecule is CC1(NC(=O)c2ccc3cc(Br)ccc3c2)CCNC1. The molecule has 1 amide bonds. The van der Waals surface area contributed by atoms with E-state index in [1.54, 1.807) is 0 Å². The maximum atomic E-state index is 12.4. The normalized spacial score (nSPS) is 22.1. The number of amides is 1. The largest absolute Gasteiger partial charge is 0.346 e. The van der Waals surface area contributed by atoms with E-state index in [9.17, 15) is 4.79 Å². The number of hydrogen-bond donors (Lipinski definition) is 2. The van der Waals surface area contributed by atoms with E-state index in [2.05, 4.69) is 39.6 Å². The first kappa shape index (κ1) is 13.6. The molecule has 1 unspecified atom stereocenters. The molecule has 0 aromatic heterocycles. The molecule has 4 heteroatoms. The van der Waals surface area contributed by atoms with Gasteiger partial charge < -0.3 is 10.6 Å². The summed E-state index contributed by atoms with van der Waals surface area (Å²) in [4.78, 5) is 12.4. The summed E-state index contributed by atoms with van der Waals surface area (Å²) >= 11 is 3.46. The van der Waals surface area contributed by atoms with E-state index in [4.69, 9.17) is 0 Å². The standard InChI is InChI=1S/C16H17BrN2O/c1-16(6-7-18-10-16)19-15(20)13-3-2-12-9-14(17)5-4-11(12)8-13/h2-5,8-9,18H,6-7,10H2,1H3,(H,19,20). The molecule has 2 N–H and O–H groups in total. The van der Waals surface area contributed by atoms with Crippen LogP contribution in [-0.2, 0) is 0 Å². The topological polar surface area (TPSA) is 41.1 Å². The molecule has 1 fully saturated rings. The first-order valence-corrected chi connectivity index (χ1v) is 7.58. The first-order valence-electron chi connectivity index (χ1n) is 6.78. The van der Waals surface area contributed by atoms with Crippen molar-refractivity contribution in [3.8, 4) is 0 Å². The van der Waals surface area contributed by atoms with E-state index in [-0.39, 0.29) is 11.4 Å².